The molecule has 0 spiro atoms. The van der Waals surface area contributed by atoms with Crippen molar-refractivity contribution in [2.45, 2.75) is 53.4 Å². The molecule has 0 aliphatic heterocycles. The van der Waals surface area contributed by atoms with E-state index in [1.807, 2.05) is 38.1 Å². The summed E-state index contributed by atoms with van der Waals surface area (Å²) >= 11 is 0. The molecule has 0 aromatic heterocycles. The molecule has 0 radical (unpaired) electrons. The van der Waals surface area contributed by atoms with Crippen molar-refractivity contribution < 1.29 is 29.7 Å². The van der Waals surface area contributed by atoms with E-state index in [-0.39, 0.29) is 19.5 Å². The molecule has 2 nitrogen and oxygen atoms in total. The fourth-order valence-corrected chi connectivity index (χ4v) is 2.28. The topological polar surface area (TPSA) is 40.5 Å². The Kier molecular flexibility index (Phi) is 9.16. The number of rotatable bonds is 2. The third kappa shape index (κ3) is 6.75. The van der Waals surface area contributed by atoms with E-state index in [1.54, 1.807) is 12.1 Å². The fraction of sp³-hybridized carbons (Fsp3) is 0.400. The van der Waals surface area contributed by atoms with E-state index in [4.69, 9.17) is 0 Å². The Morgan fingerprint density at radius 2 is 0.957 bits per heavy atom. The van der Waals surface area contributed by atoms with Crippen LogP contribution in [0.3, 0.4) is 0 Å². The Morgan fingerprint density at radius 1 is 0.652 bits per heavy atom. The third-order valence-electron chi connectivity index (χ3n) is 3.62. The zero-order chi connectivity index (χ0) is 16.9. The van der Waals surface area contributed by atoms with E-state index in [1.165, 1.54) is 0 Å². The van der Waals surface area contributed by atoms with E-state index in [0.29, 0.717) is 23.3 Å². The Bertz CT molecular complexity index is 564. The van der Waals surface area contributed by atoms with E-state index >= 15 is 0 Å². The molecule has 2 aromatic rings. The van der Waals surface area contributed by atoms with Gasteiger partial charge in [0.05, 0.1) is 0 Å². The van der Waals surface area contributed by atoms with Crippen molar-refractivity contribution in [2.24, 2.45) is 0 Å². The number of aryl methyl sites for hydroxylation is 2. The van der Waals surface area contributed by atoms with Crippen LogP contribution in [0.1, 0.15) is 61.8 Å². The first-order chi connectivity index (χ1) is 10.2. The molecule has 0 unspecified atom stereocenters. The average molecular weight is 366 g/mol. The number of phenolic OH excluding ortho intramolecular Hbond substituents is 2. The average Bonchev–Trinajstić information content (AvgIpc) is 2.38. The largest absolute Gasteiger partial charge is 0.508 e. The summed E-state index contributed by atoms with van der Waals surface area (Å²) in [5, 5.41) is 18.9. The molecular formula is C20H28O2Zn. The van der Waals surface area contributed by atoms with Crippen LogP contribution in [0.25, 0.3) is 0 Å². The van der Waals surface area contributed by atoms with Crippen molar-refractivity contribution in [2.75, 3.05) is 0 Å². The van der Waals surface area contributed by atoms with Crippen LogP contribution in [0.5, 0.6) is 11.5 Å². The Balaban J connectivity index is 0.000000403. The molecule has 0 aliphatic carbocycles. The maximum absolute atomic E-state index is 9.46. The maximum atomic E-state index is 9.46. The number of aromatic hydroxyl groups is 2. The quantitative estimate of drug-likeness (QED) is 0.675. The van der Waals surface area contributed by atoms with E-state index in [2.05, 4.69) is 27.7 Å². The molecule has 0 atom stereocenters. The second kappa shape index (κ2) is 9.72. The van der Waals surface area contributed by atoms with Crippen LogP contribution < -0.4 is 0 Å². The first kappa shape index (κ1) is 21.7. The Hall–Kier alpha value is -1.34. The molecule has 0 heterocycles. The molecule has 122 valence electrons. The van der Waals surface area contributed by atoms with Crippen LogP contribution in [0.4, 0.5) is 0 Å². The molecule has 0 aliphatic rings. The van der Waals surface area contributed by atoms with Crippen molar-refractivity contribution >= 4 is 0 Å². The van der Waals surface area contributed by atoms with Gasteiger partial charge in [-0.3, -0.25) is 0 Å². The summed E-state index contributed by atoms with van der Waals surface area (Å²) in [5.41, 5.74) is 4.25. The fourth-order valence-electron chi connectivity index (χ4n) is 2.28. The van der Waals surface area contributed by atoms with Crippen molar-refractivity contribution in [1.29, 1.82) is 0 Å². The molecule has 0 amide bonds. The molecule has 0 fully saturated rings. The van der Waals surface area contributed by atoms with Gasteiger partial charge in [0.15, 0.2) is 0 Å². The molecule has 0 saturated carbocycles. The molecule has 2 rings (SSSR count). The van der Waals surface area contributed by atoms with Gasteiger partial charge in [0.25, 0.3) is 0 Å². The summed E-state index contributed by atoms with van der Waals surface area (Å²) in [7, 11) is 0. The minimum atomic E-state index is 0. The van der Waals surface area contributed by atoms with Crippen LogP contribution in [-0.4, -0.2) is 10.2 Å². The van der Waals surface area contributed by atoms with Gasteiger partial charge in [-0.2, -0.15) is 0 Å². The van der Waals surface area contributed by atoms with Crippen LogP contribution in [-0.2, 0) is 19.5 Å². The van der Waals surface area contributed by atoms with Gasteiger partial charge in [0.2, 0.25) is 0 Å². The van der Waals surface area contributed by atoms with Gasteiger partial charge in [0.1, 0.15) is 11.5 Å². The second-order valence-corrected chi connectivity index (χ2v) is 6.43. The summed E-state index contributed by atoms with van der Waals surface area (Å²) in [6, 6.07) is 11.6. The molecule has 2 aromatic carbocycles. The first-order valence-corrected chi connectivity index (χ1v) is 7.81. The minimum Gasteiger partial charge on any atom is -0.508 e. The number of hydrogen-bond donors (Lipinski definition) is 2. The van der Waals surface area contributed by atoms with Crippen LogP contribution in [0, 0.1) is 13.8 Å². The SMILES string of the molecule is Cc1ccc(C(C)C)c(O)c1.Cc1ccc(C(C)C)c(O)c1.[Zn]. The van der Waals surface area contributed by atoms with Gasteiger partial charge in [-0.1, -0.05) is 52.0 Å². The summed E-state index contributed by atoms with van der Waals surface area (Å²) < 4.78 is 0. The second-order valence-electron chi connectivity index (χ2n) is 6.43. The monoisotopic (exact) mass is 364 g/mol. The zero-order valence-electron chi connectivity index (χ0n) is 15.2. The van der Waals surface area contributed by atoms with Gasteiger partial charge in [-0.15, -0.1) is 0 Å². The predicted molar refractivity (Wildman–Crippen MR) is 93.9 cm³/mol. The summed E-state index contributed by atoms with van der Waals surface area (Å²) in [4.78, 5) is 0. The van der Waals surface area contributed by atoms with Gasteiger partial charge >= 0.3 is 0 Å². The van der Waals surface area contributed by atoms with Crippen molar-refractivity contribution in [3.63, 3.8) is 0 Å². The van der Waals surface area contributed by atoms with E-state index in [0.717, 1.165) is 22.3 Å². The summed E-state index contributed by atoms with van der Waals surface area (Å²) in [6.45, 7) is 12.2. The Morgan fingerprint density at radius 3 is 1.17 bits per heavy atom. The van der Waals surface area contributed by atoms with E-state index < -0.39 is 0 Å². The molecular weight excluding hydrogens is 338 g/mol. The Labute approximate surface area is 153 Å². The maximum Gasteiger partial charge on any atom is 0.119 e. The van der Waals surface area contributed by atoms with E-state index in [9.17, 15) is 10.2 Å². The number of phenols is 2. The first-order valence-electron chi connectivity index (χ1n) is 7.81. The normalized spacial score (nSPS) is 10.1. The van der Waals surface area contributed by atoms with Crippen LogP contribution in [0.15, 0.2) is 36.4 Å². The van der Waals surface area contributed by atoms with Crippen LogP contribution in [0.2, 0.25) is 0 Å². The van der Waals surface area contributed by atoms with Crippen molar-refractivity contribution in [3.8, 4) is 11.5 Å². The summed E-state index contributed by atoms with van der Waals surface area (Å²) in [5.74, 6) is 1.63. The molecule has 0 bridgehead atoms. The van der Waals surface area contributed by atoms with Gasteiger partial charge in [-0.05, 0) is 60.1 Å². The minimum absolute atomic E-state index is 0. The molecule has 0 saturated heterocycles. The molecule has 23 heavy (non-hydrogen) atoms. The summed E-state index contributed by atoms with van der Waals surface area (Å²) in [6.07, 6.45) is 0. The van der Waals surface area contributed by atoms with Gasteiger partial charge in [0, 0.05) is 19.5 Å². The van der Waals surface area contributed by atoms with Gasteiger partial charge in [-0.25, -0.2) is 0 Å². The third-order valence-corrected chi connectivity index (χ3v) is 3.62. The molecule has 3 heteroatoms. The predicted octanol–water partition coefficient (Wildman–Crippen LogP) is 5.65. The molecule has 2 N–H and O–H groups in total. The van der Waals surface area contributed by atoms with Crippen molar-refractivity contribution in [1.82, 2.24) is 0 Å². The van der Waals surface area contributed by atoms with Crippen molar-refractivity contribution in [3.05, 3.63) is 58.7 Å². The zero-order valence-corrected chi connectivity index (χ0v) is 18.2. The smallest absolute Gasteiger partial charge is 0.119 e. The van der Waals surface area contributed by atoms with Crippen LogP contribution >= 0.6 is 0 Å². The number of benzene rings is 2. The number of hydrogen-bond acceptors (Lipinski definition) is 2. The standard InChI is InChI=1S/2C10H14O.Zn/c2*1-7(2)9-5-4-8(3)6-10(9)11;/h2*4-7,11H,1-3H3;. The van der Waals surface area contributed by atoms with Gasteiger partial charge < -0.3 is 10.2 Å².